The molecule has 0 bridgehead atoms. The van der Waals surface area contributed by atoms with Gasteiger partial charge in [-0.1, -0.05) is 55.8 Å². The van der Waals surface area contributed by atoms with Crippen LogP contribution in [0.1, 0.15) is 38.3 Å². The van der Waals surface area contributed by atoms with E-state index in [9.17, 15) is 4.79 Å². The van der Waals surface area contributed by atoms with Gasteiger partial charge in [-0.2, -0.15) is 0 Å². The third-order valence-electron chi connectivity index (χ3n) is 3.42. The maximum absolute atomic E-state index is 11.9. The van der Waals surface area contributed by atoms with E-state index >= 15 is 0 Å². The second-order valence-corrected chi connectivity index (χ2v) is 4.92. The fourth-order valence-electron chi connectivity index (χ4n) is 2.40. The summed E-state index contributed by atoms with van der Waals surface area (Å²) >= 11 is 0. The van der Waals surface area contributed by atoms with Gasteiger partial charge in [0.15, 0.2) is 5.78 Å². The monoisotopic (exact) mass is 255 g/mol. The Balaban J connectivity index is 2.36. The number of benzene rings is 2. The summed E-state index contributed by atoms with van der Waals surface area (Å²) in [5.41, 5.74) is 1.08. The molecule has 0 saturated heterocycles. The number of nitrogens with one attached hydrogen (secondary N) is 1. The molecule has 2 rings (SSSR count). The summed E-state index contributed by atoms with van der Waals surface area (Å²) in [7, 11) is 0. The quantitative estimate of drug-likeness (QED) is 0.794. The van der Waals surface area contributed by atoms with E-state index in [1.807, 2.05) is 24.3 Å². The van der Waals surface area contributed by atoms with Crippen molar-refractivity contribution in [2.75, 3.05) is 6.54 Å². The lowest BCUT2D eigenvalue weighted by Gasteiger charge is -2.18. The van der Waals surface area contributed by atoms with Crippen LogP contribution in [0.5, 0.6) is 0 Å². The molecule has 0 aromatic heterocycles. The third-order valence-corrected chi connectivity index (χ3v) is 3.42. The Morgan fingerprint density at radius 3 is 2.63 bits per heavy atom. The molecule has 1 N–H and O–H groups in total. The zero-order valence-corrected chi connectivity index (χ0v) is 11.6. The normalized spacial score (nSPS) is 12.5. The van der Waals surface area contributed by atoms with Crippen LogP contribution >= 0.6 is 0 Å². The van der Waals surface area contributed by atoms with E-state index in [1.54, 1.807) is 6.92 Å². The van der Waals surface area contributed by atoms with Gasteiger partial charge in [0.05, 0.1) is 6.04 Å². The second-order valence-electron chi connectivity index (χ2n) is 4.92. The first-order chi connectivity index (χ1) is 9.24. The number of rotatable bonds is 6. The molecule has 100 valence electrons. The van der Waals surface area contributed by atoms with Crippen LogP contribution in [-0.2, 0) is 4.79 Å². The molecule has 0 aliphatic heterocycles. The highest BCUT2D eigenvalue weighted by atomic mass is 16.1. The van der Waals surface area contributed by atoms with E-state index in [1.165, 1.54) is 5.39 Å². The SMILES string of the molecule is CCCCNC(C(C)=O)c1cccc2ccccc12. The van der Waals surface area contributed by atoms with E-state index in [4.69, 9.17) is 0 Å². The fourth-order valence-corrected chi connectivity index (χ4v) is 2.40. The van der Waals surface area contributed by atoms with Crippen LogP contribution in [-0.4, -0.2) is 12.3 Å². The van der Waals surface area contributed by atoms with Gasteiger partial charge in [-0.05, 0) is 36.2 Å². The lowest BCUT2D eigenvalue weighted by atomic mass is 9.96. The topological polar surface area (TPSA) is 29.1 Å². The third kappa shape index (κ3) is 3.21. The van der Waals surface area contributed by atoms with Crippen molar-refractivity contribution in [2.45, 2.75) is 32.7 Å². The van der Waals surface area contributed by atoms with Crippen LogP contribution in [0, 0.1) is 0 Å². The lowest BCUT2D eigenvalue weighted by molar-refractivity contribution is -0.119. The van der Waals surface area contributed by atoms with Gasteiger partial charge in [0.2, 0.25) is 0 Å². The van der Waals surface area contributed by atoms with Crippen LogP contribution in [0.15, 0.2) is 42.5 Å². The number of fused-ring (bicyclic) bond motifs is 1. The van der Waals surface area contributed by atoms with Crippen molar-refractivity contribution < 1.29 is 4.79 Å². The maximum Gasteiger partial charge on any atom is 0.151 e. The Kier molecular flexibility index (Phi) is 4.69. The summed E-state index contributed by atoms with van der Waals surface area (Å²) in [6, 6.07) is 14.2. The van der Waals surface area contributed by atoms with Crippen LogP contribution in [0.3, 0.4) is 0 Å². The van der Waals surface area contributed by atoms with E-state index in [-0.39, 0.29) is 11.8 Å². The van der Waals surface area contributed by atoms with E-state index in [0.717, 1.165) is 30.3 Å². The number of hydrogen-bond acceptors (Lipinski definition) is 2. The van der Waals surface area contributed by atoms with Gasteiger partial charge < -0.3 is 5.32 Å². The summed E-state index contributed by atoms with van der Waals surface area (Å²) < 4.78 is 0. The second kappa shape index (κ2) is 6.48. The average molecular weight is 255 g/mol. The molecule has 1 unspecified atom stereocenters. The first-order valence-electron chi connectivity index (χ1n) is 6.95. The fraction of sp³-hybridized carbons (Fsp3) is 0.353. The molecule has 0 aliphatic carbocycles. The molecule has 0 radical (unpaired) electrons. The Morgan fingerprint density at radius 1 is 1.16 bits per heavy atom. The van der Waals surface area contributed by atoms with Crippen LogP contribution < -0.4 is 5.32 Å². The Hall–Kier alpha value is -1.67. The molecular formula is C17H21NO. The Morgan fingerprint density at radius 2 is 1.89 bits per heavy atom. The molecule has 1 atom stereocenters. The molecule has 2 aromatic rings. The van der Waals surface area contributed by atoms with Crippen molar-refractivity contribution in [2.24, 2.45) is 0 Å². The molecule has 0 amide bonds. The number of hydrogen-bond donors (Lipinski definition) is 1. The summed E-state index contributed by atoms with van der Waals surface area (Å²) in [6.45, 7) is 4.69. The summed E-state index contributed by atoms with van der Waals surface area (Å²) in [6.07, 6.45) is 2.22. The highest BCUT2D eigenvalue weighted by molar-refractivity contribution is 5.92. The van der Waals surface area contributed by atoms with Gasteiger partial charge in [-0.25, -0.2) is 0 Å². The van der Waals surface area contributed by atoms with Crippen LogP contribution in [0.4, 0.5) is 0 Å². The summed E-state index contributed by atoms with van der Waals surface area (Å²) in [4.78, 5) is 11.9. The van der Waals surface area contributed by atoms with Gasteiger partial charge in [0, 0.05) is 0 Å². The van der Waals surface area contributed by atoms with Crippen molar-refractivity contribution in [1.29, 1.82) is 0 Å². The van der Waals surface area contributed by atoms with Crippen molar-refractivity contribution in [3.63, 3.8) is 0 Å². The van der Waals surface area contributed by atoms with Gasteiger partial charge in [-0.3, -0.25) is 4.79 Å². The van der Waals surface area contributed by atoms with E-state index < -0.39 is 0 Å². The molecule has 0 fully saturated rings. The first kappa shape index (κ1) is 13.8. The van der Waals surface area contributed by atoms with E-state index in [2.05, 4.69) is 30.4 Å². The molecule has 0 aliphatic rings. The molecule has 0 saturated carbocycles. The van der Waals surface area contributed by atoms with Crippen molar-refractivity contribution in [3.8, 4) is 0 Å². The number of ketones is 1. The first-order valence-corrected chi connectivity index (χ1v) is 6.95. The zero-order chi connectivity index (χ0) is 13.7. The minimum atomic E-state index is -0.197. The molecule has 2 heteroatoms. The largest absolute Gasteiger partial charge is 0.304 e. The highest BCUT2D eigenvalue weighted by Crippen LogP contribution is 2.24. The predicted octanol–water partition coefficient (Wildman–Crippen LogP) is 3.86. The lowest BCUT2D eigenvalue weighted by Crippen LogP contribution is -2.28. The standard InChI is InChI=1S/C17H21NO/c1-3-4-12-18-17(13(2)19)16-11-7-9-14-8-5-6-10-15(14)16/h5-11,17-18H,3-4,12H2,1-2H3. The number of carbonyl (C=O) groups excluding carboxylic acids is 1. The molecule has 2 aromatic carbocycles. The Labute approximate surface area is 114 Å². The number of unbranched alkanes of at least 4 members (excludes halogenated alkanes) is 1. The molecule has 0 spiro atoms. The highest BCUT2D eigenvalue weighted by Gasteiger charge is 2.17. The van der Waals surface area contributed by atoms with Gasteiger partial charge in [0.25, 0.3) is 0 Å². The minimum absolute atomic E-state index is 0.174. The van der Waals surface area contributed by atoms with Crippen molar-refractivity contribution in [1.82, 2.24) is 5.32 Å². The predicted molar refractivity (Wildman–Crippen MR) is 80.3 cm³/mol. The van der Waals surface area contributed by atoms with Gasteiger partial charge >= 0.3 is 0 Å². The van der Waals surface area contributed by atoms with E-state index in [0.29, 0.717) is 0 Å². The van der Waals surface area contributed by atoms with Gasteiger partial charge in [-0.15, -0.1) is 0 Å². The molecule has 19 heavy (non-hydrogen) atoms. The molecule has 0 heterocycles. The van der Waals surface area contributed by atoms with Crippen molar-refractivity contribution >= 4 is 16.6 Å². The molecular weight excluding hydrogens is 234 g/mol. The number of Topliss-reactive ketones (excluding diaryl/α,β-unsaturated/α-hetero) is 1. The molecule has 2 nitrogen and oxygen atoms in total. The average Bonchev–Trinajstić information content (AvgIpc) is 2.43. The maximum atomic E-state index is 11.9. The zero-order valence-electron chi connectivity index (χ0n) is 11.6. The van der Waals surface area contributed by atoms with Crippen LogP contribution in [0.25, 0.3) is 10.8 Å². The smallest absolute Gasteiger partial charge is 0.151 e. The minimum Gasteiger partial charge on any atom is -0.304 e. The van der Waals surface area contributed by atoms with Gasteiger partial charge in [0.1, 0.15) is 0 Å². The number of carbonyl (C=O) groups is 1. The summed E-state index contributed by atoms with van der Waals surface area (Å²) in [5.74, 6) is 0.174. The van der Waals surface area contributed by atoms with Crippen molar-refractivity contribution in [3.05, 3.63) is 48.0 Å². The van der Waals surface area contributed by atoms with Crippen LogP contribution in [0.2, 0.25) is 0 Å². The Bertz CT molecular complexity index is 557. The summed E-state index contributed by atoms with van der Waals surface area (Å²) in [5, 5.41) is 5.72.